The maximum atomic E-state index is 11.3. The number of hydrogen-bond donors (Lipinski definition) is 1. The topological polar surface area (TPSA) is 43.8 Å². The molecule has 4 nitrogen and oxygen atoms in total. The first-order valence-electron chi connectivity index (χ1n) is 7.49. The van der Waals surface area contributed by atoms with Crippen molar-refractivity contribution in [2.75, 3.05) is 19.6 Å². The van der Waals surface area contributed by atoms with Crippen molar-refractivity contribution in [1.29, 1.82) is 0 Å². The van der Waals surface area contributed by atoms with Crippen LogP contribution in [0.3, 0.4) is 0 Å². The third-order valence-corrected chi connectivity index (χ3v) is 4.54. The van der Waals surface area contributed by atoms with Gasteiger partial charge in [0.25, 0.3) is 0 Å². The number of aliphatic carboxylic acids is 1. The Hall–Kier alpha value is -1.39. The van der Waals surface area contributed by atoms with Gasteiger partial charge in [-0.1, -0.05) is 30.3 Å². The summed E-state index contributed by atoms with van der Waals surface area (Å²) in [5, 5.41) is 9.29. The summed E-state index contributed by atoms with van der Waals surface area (Å²) >= 11 is 0. The van der Waals surface area contributed by atoms with Crippen LogP contribution >= 0.6 is 0 Å². The average molecular weight is 274 g/mol. The largest absolute Gasteiger partial charge is 0.480 e. The van der Waals surface area contributed by atoms with Crippen LogP contribution in [0.15, 0.2) is 30.3 Å². The number of likely N-dealkylation sites (tertiary alicyclic amines) is 2. The van der Waals surface area contributed by atoms with Gasteiger partial charge in [-0.25, -0.2) is 0 Å². The van der Waals surface area contributed by atoms with Gasteiger partial charge in [0.1, 0.15) is 6.04 Å². The molecule has 20 heavy (non-hydrogen) atoms. The molecular weight excluding hydrogens is 252 g/mol. The number of carboxylic acids is 1. The molecule has 2 aliphatic rings. The molecule has 2 fully saturated rings. The minimum absolute atomic E-state index is 0.253. The maximum Gasteiger partial charge on any atom is 0.320 e. The quantitative estimate of drug-likeness (QED) is 0.909. The first-order valence-corrected chi connectivity index (χ1v) is 7.49. The number of rotatable bonds is 4. The van der Waals surface area contributed by atoms with Gasteiger partial charge in [-0.3, -0.25) is 14.6 Å². The first-order chi connectivity index (χ1) is 9.74. The molecule has 0 unspecified atom stereocenters. The van der Waals surface area contributed by atoms with Gasteiger partial charge < -0.3 is 5.11 Å². The van der Waals surface area contributed by atoms with Gasteiger partial charge in [0.05, 0.1) is 0 Å². The zero-order valence-electron chi connectivity index (χ0n) is 11.7. The lowest BCUT2D eigenvalue weighted by atomic mass is 10.1. The van der Waals surface area contributed by atoms with Gasteiger partial charge >= 0.3 is 5.97 Å². The molecule has 2 saturated heterocycles. The minimum Gasteiger partial charge on any atom is -0.480 e. The highest BCUT2D eigenvalue weighted by molar-refractivity contribution is 5.73. The van der Waals surface area contributed by atoms with Crippen LogP contribution in [-0.4, -0.2) is 52.6 Å². The zero-order chi connectivity index (χ0) is 13.9. The second kappa shape index (κ2) is 5.94. The van der Waals surface area contributed by atoms with E-state index in [1.165, 1.54) is 5.56 Å². The zero-order valence-corrected chi connectivity index (χ0v) is 11.7. The fourth-order valence-electron chi connectivity index (χ4n) is 3.56. The van der Waals surface area contributed by atoms with Crippen molar-refractivity contribution in [3.63, 3.8) is 0 Å². The average Bonchev–Trinajstić information content (AvgIpc) is 3.07. The summed E-state index contributed by atoms with van der Waals surface area (Å²) in [6.45, 7) is 3.99. The van der Waals surface area contributed by atoms with Gasteiger partial charge in [0.15, 0.2) is 0 Å². The van der Waals surface area contributed by atoms with Crippen molar-refractivity contribution < 1.29 is 9.90 Å². The van der Waals surface area contributed by atoms with E-state index in [-0.39, 0.29) is 6.04 Å². The third kappa shape index (κ3) is 2.86. The number of carbonyl (C=O) groups is 1. The molecule has 4 heteroatoms. The standard InChI is InChI=1S/C16H22N2O2/c19-16(20)15-7-4-9-18(15)14-8-10-17(12-14)11-13-5-2-1-3-6-13/h1-3,5-6,14-15H,4,7-12H2,(H,19,20)/t14-,15-/m1/s1. The molecule has 0 amide bonds. The van der Waals surface area contributed by atoms with E-state index >= 15 is 0 Å². The van der Waals surface area contributed by atoms with E-state index in [4.69, 9.17) is 0 Å². The van der Waals surface area contributed by atoms with Crippen LogP contribution in [0, 0.1) is 0 Å². The molecule has 1 aromatic carbocycles. The van der Waals surface area contributed by atoms with Gasteiger partial charge in [-0.15, -0.1) is 0 Å². The molecule has 2 heterocycles. The lowest BCUT2D eigenvalue weighted by molar-refractivity contribution is -0.142. The minimum atomic E-state index is -0.649. The summed E-state index contributed by atoms with van der Waals surface area (Å²) in [5.74, 6) is -0.649. The van der Waals surface area contributed by atoms with E-state index in [1.807, 2.05) is 6.07 Å². The predicted octanol–water partition coefficient (Wildman–Crippen LogP) is 1.81. The highest BCUT2D eigenvalue weighted by atomic mass is 16.4. The summed E-state index contributed by atoms with van der Waals surface area (Å²) in [6.07, 6.45) is 2.92. The molecule has 2 aliphatic heterocycles. The van der Waals surface area contributed by atoms with Gasteiger partial charge in [0, 0.05) is 25.7 Å². The number of carboxylic acid groups (broad SMARTS) is 1. The van der Waals surface area contributed by atoms with Crippen LogP contribution < -0.4 is 0 Å². The highest BCUT2D eigenvalue weighted by Gasteiger charge is 2.38. The van der Waals surface area contributed by atoms with Gasteiger partial charge in [-0.05, 0) is 31.4 Å². The summed E-state index contributed by atoms with van der Waals surface area (Å²) < 4.78 is 0. The van der Waals surface area contributed by atoms with E-state index in [9.17, 15) is 9.90 Å². The van der Waals surface area contributed by atoms with E-state index in [1.54, 1.807) is 0 Å². The lowest BCUT2D eigenvalue weighted by Crippen LogP contribution is -2.44. The molecule has 0 aliphatic carbocycles. The normalized spacial score (nSPS) is 28.0. The molecular formula is C16H22N2O2. The molecule has 0 aromatic heterocycles. The monoisotopic (exact) mass is 274 g/mol. The van der Waals surface area contributed by atoms with Crippen LogP contribution in [0.1, 0.15) is 24.8 Å². The van der Waals surface area contributed by atoms with Crippen molar-refractivity contribution in [1.82, 2.24) is 9.80 Å². The Morgan fingerprint density at radius 2 is 2.00 bits per heavy atom. The van der Waals surface area contributed by atoms with Crippen molar-refractivity contribution in [2.24, 2.45) is 0 Å². The molecule has 2 atom stereocenters. The number of hydrogen-bond acceptors (Lipinski definition) is 3. The predicted molar refractivity (Wildman–Crippen MR) is 77.5 cm³/mol. The number of benzene rings is 1. The van der Waals surface area contributed by atoms with Crippen molar-refractivity contribution in [3.8, 4) is 0 Å². The second-order valence-corrected chi connectivity index (χ2v) is 5.90. The third-order valence-electron chi connectivity index (χ3n) is 4.54. The Kier molecular flexibility index (Phi) is 4.03. The maximum absolute atomic E-state index is 11.3. The Labute approximate surface area is 120 Å². The van der Waals surface area contributed by atoms with E-state index in [2.05, 4.69) is 34.1 Å². The van der Waals surface area contributed by atoms with Crippen LogP contribution in [0.4, 0.5) is 0 Å². The lowest BCUT2D eigenvalue weighted by Gasteiger charge is -2.28. The van der Waals surface area contributed by atoms with Gasteiger partial charge in [0.2, 0.25) is 0 Å². The molecule has 1 aromatic rings. The molecule has 0 saturated carbocycles. The Balaban J connectivity index is 1.58. The van der Waals surface area contributed by atoms with E-state index in [0.717, 1.165) is 45.4 Å². The SMILES string of the molecule is O=C(O)[C@H]1CCCN1[C@@H]1CCN(Cc2ccccc2)C1. The second-order valence-electron chi connectivity index (χ2n) is 5.90. The smallest absolute Gasteiger partial charge is 0.320 e. The molecule has 1 N–H and O–H groups in total. The summed E-state index contributed by atoms with van der Waals surface area (Å²) in [5.41, 5.74) is 1.34. The molecule has 0 bridgehead atoms. The highest BCUT2D eigenvalue weighted by Crippen LogP contribution is 2.26. The first kappa shape index (κ1) is 13.6. The van der Waals surface area contributed by atoms with Crippen molar-refractivity contribution >= 4 is 5.97 Å². The summed E-state index contributed by atoms with van der Waals surface area (Å²) in [7, 11) is 0. The van der Waals surface area contributed by atoms with Crippen molar-refractivity contribution in [3.05, 3.63) is 35.9 Å². The van der Waals surface area contributed by atoms with Crippen LogP contribution in [0.5, 0.6) is 0 Å². The Morgan fingerprint density at radius 1 is 1.20 bits per heavy atom. The van der Waals surface area contributed by atoms with Crippen LogP contribution in [-0.2, 0) is 11.3 Å². The fraction of sp³-hybridized carbons (Fsp3) is 0.562. The molecule has 0 spiro atoms. The van der Waals surface area contributed by atoms with Crippen LogP contribution in [0.25, 0.3) is 0 Å². The van der Waals surface area contributed by atoms with Gasteiger partial charge in [-0.2, -0.15) is 0 Å². The molecule has 3 rings (SSSR count). The molecule has 0 radical (unpaired) electrons. The summed E-state index contributed by atoms with van der Waals surface area (Å²) in [6, 6.07) is 10.7. The Morgan fingerprint density at radius 3 is 2.75 bits per heavy atom. The molecule has 108 valence electrons. The van der Waals surface area contributed by atoms with E-state index in [0.29, 0.717) is 6.04 Å². The van der Waals surface area contributed by atoms with E-state index < -0.39 is 5.97 Å². The van der Waals surface area contributed by atoms with Crippen molar-refractivity contribution in [2.45, 2.75) is 37.9 Å². The Bertz CT molecular complexity index is 463. The fourth-order valence-corrected chi connectivity index (χ4v) is 3.56. The summed E-state index contributed by atoms with van der Waals surface area (Å²) in [4.78, 5) is 15.9. The number of nitrogens with zero attached hydrogens (tertiary/aromatic N) is 2. The van der Waals surface area contributed by atoms with Crippen LogP contribution in [0.2, 0.25) is 0 Å².